The Labute approximate surface area is 130 Å². The molecule has 0 atom stereocenters. The first-order valence-electron chi connectivity index (χ1n) is 6.18. The van der Waals surface area contributed by atoms with Gasteiger partial charge in [-0.25, -0.2) is 8.42 Å². The highest BCUT2D eigenvalue weighted by molar-refractivity contribution is 9.10. The van der Waals surface area contributed by atoms with Crippen LogP contribution >= 0.6 is 15.9 Å². The molecule has 3 rings (SSSR count). The van der Waals surface area contributed by atoms with Crippen molar-refractivity contribution in [3.05, 3.63) is 52.6 Å². The van der Waals surface area contributed by atoms with Gasteiger partial charge in [-0.05, 0) is 48.9 Å². The number of sulfonamides is 1. The third kappa shape index (κ3) is 2.79. The summed E-state index contributed by atoms with van der Waals surface area (Å²) in [6, 6.07) is 10.1. The lowest BCUT2D eigenvalue weighted by Crippen LogP contribution is -2.13. The average molecular weight is 366 g/mol. The Bertz CT molecular complexity index is 919. The van der Waals surface area contributed by atoms with E-state index in [4.69, 9.17) is 0 Å². The SMILES string of the molecule is Cc1cc(S(=O)(=O)Nc2ccc3cn[nH]c3c2)ccc1Br. The minimum atomic E-state index is -3.61. The molecule has 0 saturated carbocycles. The van der Waals surface area contributed by atoms with Gasteiger partial charge in [0.05, 0.1) is 22.3 Å². The molecule has 1 aromatic heterocycles. The maximum atomic E-state index is 12.4. The molecule has 0 fully saturated rings. The number of anilines is 1. The molecule has 5 nitrogen and oxygen atoms in total. The second-order valence-electron chi connectivity index (χ2n) is 4.69. The Balaban J connectivity index is 1.96. The minimum Gasteiger partial charge on any atom is -0.280 e. The van der Waals surface area contributed by atoms with Crippen molar-refractivity contribution < 1.29 is 8.42 Å². The Kier molecular flexibility index (Phi) is 3.46. The number of aromatic nitrogens is 2. The van der Waals surface area contributed by atoms with Gasteiger partial charge in [0.2, 0.25) is 0 Å². The van der Waals surface area contributed by atoms with E-state index in [-0.39, 0.29) is 4.90 Å². The number of benzene rings is 2. The third-order valence-corrected chi connectivity index (χ3v) is 5.40. The number of fused-ring (bicyclic) bond motifs is 1. The summed E-state index contributed by atoms with van der Waals surface area (Å²) in [7, 11) is -3.61. The molecule has 0 aliphatic rings. The molecule has 2 N–H and O–H groups in total. The topological polar surface area (TPSA) is 74.8 Å². The van der Waals surface area contributed by atoms with Gasteiger partial charge in [-0.3, -0.25) is 9.82 Å². The number of aryl methyl sites for hydroxylation is 1. The third-order valence-electron chi connectivity index (χ3n) is 3.13. The van der Waals surface area contributed by atoms with E-state index in [1.165, 1.54) is 0 Å². The van der Waals surface area contributed by atoms with Crippen LogP contribution in [0.15, 0.2) is 52.0 Å². The second-order valence-corrected chi connectivity index (χ2v) is 7.23. The van der Waals surface area contributed by atoms with Crippen molar-refractivity contribution in [1.82, 2.24) is 10.2 Å². The molecule has 2 aromatic carbocycles. The van der Waals surface area contributed by atoms with Crippen molar-refractivity contribution in [2.45, 2.75) is 11.8 Å². The van der Waals surface area contributed by atoms with Crippen LogP contribution in [0.5, 0.6) is 0 Å². The van der Waals surface area contributed by atoms with E-state index in [1.54, 1.807) is 36.5 Å². The van der Waals surface area contributed by atoms with Gasteiger partial charge in [-0.2, -0.15) is 5.10 Å². The number of nitrogens with one attached hydrogen (secondary N) is 2. The van der Waals surface area contributed by atoms with Crippen LogP contribution in [0, 0.1) is 6.92 Å². The van der Waals surface area contributed by atoms with Crippen molar-refractivity contribution in [1.29, 1.82) is 0 Å². The molecule has 0 unspecified atom stereocenters. The highest BCUT2D eigenvalue weighted by Gasteiger charge is 2.15. The minimum absolute atomic E-state index is 0.230. The van der Waals surface area contributed by atoms with Gasteiger partial charge in [0, 0.05) is 9.86 Å². The number of aromatic amines is 1. The van der Waals surface area contributed by atoms with Crippen molar-refractivity contribution in [3.63, 3.8) is 0 Å². The molecule has 0 bridgehead atoms. The first kappa shape index (κ1) is 14.1. The summed E-state index contributed by atoms with van der Waals surface area (Å²) < 4.78 is 28.2. The molecule has 3 aromatic rings. The molecule has 0 aliphatic heterocycles. The molecule has 0 spiro atoms. The molecule has 0 saturated heterocycles. The van der Waals surface area contributed by atoms with E-state index in [9.17, 15) is 8.42 Å². The molecule has 108 valence electrons. The van der Waals surface area contributed by atoms with Crippen molar-refractivity contribution in [2.24, 2.45) is 0 Å². The smallest absolute Gasteiger partial charge is 0.261 e. The second kappa shape index (κ2) is 5.16. The molecular formula is C14H12BrN3O2S. The fourth-order valence-corrected chi connectivity index (χ4v) is 3.38. The van der Waals surface area contributed by atoms with Crippen LogP contribution in [0.2, 0.25) is 0 Å². The summed E-state index contributed by atoms with van der Waals surface area (Å²) >= 11 is 3.36. The quantitative estimate of drug-likeness (QED) is 0.746. The normalized spacial score (nSPS) is 11.7. The van der Waals surface area contributed by atoms with Crippen LogP contribution in [-0.2, 0) is 10.0 Å². The van der Waals surface area contributed by atoms with Crippen molar-refractivity contribution in [3.8, 4) is 0 Å². The summed E-state index contributed by atoms with van der Waals surface area (Å²) in [6.07, 6.45) is 1.69. The molecule has 0 radical (unpaired) electrons. The number of hydrogen-bond acceptors (Lipinski definition) is 3. The van der Waals surface area contributed by atoms with Gasteiger partial charge in [-0.1, -0.05) is 15.9 Å². The van der Waals surface area contributed by atoms with Gasteiger partial charge in [0.25, 0.3) is 10.0 Å². The maximum Gasteiger partial charge on any atom is 0.261 e. The summed E-state index contributed by atoms with van der Waals surface area (Å²) in [5.74, 6) is 0. The molecule has 7 heteroatoms. The lowest BCUT2D eigenvalue weighted by atomic mass is 10.2. The van der Waals surface area contributed by atoms with Crippen LogP contribution in [0.3, 0.4) is 0 Å². The summed E-state index contributed by atoms with van der Waals surface area (Å²) in [5, 5.41) is 7.65. The molecule has 1 heterocycles. The fourth-order valence-electron chi connectivity index (χ4n) is 2.00. The molecule has 0 aliphatic carbocycles. The van der Waals surface area contributed by atoms with E-state index < -0.39 is 10.0 Å². The van der Waals surface area contributed by atoms with Crippen LogP contribution in [-0.4, -0.2) is 18.6 Å². The number of nitrogens with zero attached hydrogens (tertiary/aromatic N) is 1. The highest BCUT2D eigenvalue weighted by atomic mass is 79.9. The maximum absolute atomic E-state index is 12.4. The van der Waals surface area contributed by atoms with E-state index in [1.807, 2.05) is 13.0 Å². The lowest BCUT2D eigenvalue weighted by Gasteiger charge is -2.09. The van der Waals surface area contributed by atoms with Gasteiger partial charge in [-0.15, -0.1) is 0 Å². The van der Waals surface area contributed by atoms with Gasteiger partial charge < -0.3 is 0 Å². The van der Waals surface area contributed by atoms with E-state index in [0.29, 0.717) is 5.69 Å². The van der Waals surface area contributed by atoms with Crippen molar-refractivity contribution >= 4 is 42.5 Å². The van der Waals surface area contributed by atoms with Crippen LogP contribution in [0.25, 0.3) is 10.9 Å². The van der Waals surface area contributed by atoms with E-state index in [2.05, 4.69) is 30.8 Å². The average Bonchev–Trinajstić information content (AvgIpc) is 2.88. The highest BCUT2D eigenvalue weighted by Crippen LogP contribution is 2.23. The Hall–Kier alpha value is -1.86. The summed E-state index contributed by atoms with van der Waals surface area (Å²) in [6.45, 7) is 1.85. The van der Waals surface area contributed by atoms with Gasteiger partial charge in [0.1, 0.15) is 0 Å². The first-order chi connectivity index (χ1) is 9.95. The Morgan fingerprint density at radius 3 is 2.76 bits per heavy atom. The zero-order valence-electron chi connectivity index (χ0n) is 11.1. The lowest BCUT2D eigenvalue weighted by molar-refractivity contribution is 0.601. The van der Waals surface area contributed by atoms with Gasteiger partial charge >= 0.3 is 0 Å². The Morgan fingerprint density at radius 1 is 1.19 bits per heavy atom. The molecular weight excluding hydrogens is 354 g/mol. The molecule has 21 heavy (non-hydrogen) atoms. The van der Waals surface area contributed by atoms with Crippen LogP contribution < -0.4 is 4.72 Å². The van der Waals surface area contributed by atoms with Crippen LogP contribution in [0.4, 0.5) is 5.69 Å². The van der Waals surface area contributed by atoms with Crippen molar-refractivity contribution in [2.75, 3.05) is 4.72 Å². The number of H-pyrrole nitrogens is 1. The largest absolute Gasteiger partial charge is 0.280 e. The predicted octanol–water partition coefficient (Wildman–Crippen LogP) is 3.43. The standard InChI is InChI=1S/C14H12BrN3O2S/c1-9-6-12(4-5-13(9)15)21(19,20)18-11-3-2-10-8-16-17-14(10)7-11/h2-8,18H,1H3,(H,16,17). The van der Waals surface area contributed by atoms with Crippen LogP contribution in [0.1, 0.15) is 5.56 Å². The monoisotopic (exact) mass is 365 g/mol. The molecule has 0 amide bonds. The first-order valence-corrected chi connectivity index (χ1v) is 8.45. The number of halogens is 1. The van der Waals surface area contributed by atoms with Gasteiger partial charge in [0.15, 0.2) is 0 Å². The predicted molar refractivity (Wildman–Crippen MR) is 85.8 cm³/mol. The number of hydrogen-bond donors (Lipinski definition) is 2. The zero-order chi connectivity index (χ0) is 15.0. The fraction of sp³-hybridized carbons (Fsp3) is 0.0714. The Morgan fingerprint density at radius 2 is 2.00 bits per heavy atom. The number of rotatable bonds is 3. The van der Waals surface area contributed by atoms with E-state index >= 15 is 0 Å². The summed E-state index contributed by atoms with van der Waals surface area (Å²) in [5.41, 5.74) is 2.14. The summed E-state index contributed by atoms with van der Waals surface area (Å²) in [4.78, 5) is 0.230. The zero-order valence-corrected chi connectivity index (χ0v) is 13.5. The van der Waals surface area contributed by atoms with E-state index in [0.717, 1.165) is 20.9 Å².